The fraction of sp³-hybridized carbons (Fsp3) is 0.824. The lowest BCUT2D eigenvalue weighted by Crippen LogP contribution is -2.59. The standard InChI is InChI=1S/C34H60O8/c1-5-6-7-8-9-10-11-12-13-14-15-16-17-23-29(35)40-25-28-31(37)32(38)33(39)34(41-28)42-30(36)24-19-22-27(4)21-18-20-26(2)3/h20,22,28,31-34,37-39H,5-19,21,23-25H2,1-4H3/b27-22+/t28-,31-,32+,33-,34?/m1/s1. The minimum atomic E-state index is -1.61. The van der Waals surface area contributed by atoms with Crippen molar-refractivity contribution in [2.45, 2.75) is 174 Å². The van der Waals surface area contributed by atoms with Gasteiger partial charge < -0.3 is 29.5 Å². The van der Waals surface area contributed by atoms with Crippen LogP contribution in [0.1, 0.15) is 143 Å². The molecule has 0 aromatic rings. The van der Waals surface area contributed by atoms with Crippen LogP contribution in [0.2, 0.25) is 0 Å². The van der Waals surface area contributed by atoms with Gasteiger partial charge in [0.2, 0.25) is 6.29 Å². The highest BCUT2D eigenvalue weighted by atomic mass is 16.7. The Hall–Kier alpha value is -1.74. The molecule has 1 rings (SSSR count). The lowest BCUT2D eigenvalue weighted by Gasteiger charge is -2.39. The summed E-state index contributed by atoms with van der Waals surface area (Å²) < 4.78 is 16.0. The number of carbonyl (C=O) groups is 2. The molecule has 0 aliphatic carbocycles. The van der Waals surface area contributed by atoms with Crippen LogP contribution in [0.5, 0.6) is 0 Å². The van der Waals surface area contributed by atoms with Gasteiger partial charge in [-0.15, -0.1) is 0 Å². The summed E-state index contributed by atoms with van der Waals surface area (Å²) in [6, 6.07) is 0. The van der Waals surface area contributed by atoms with Crippen molar-refractivity contribution in [3.63, 3.8) is 0 Å². The summed E-state index contributed by atoms with van der Waals surface area (Å²) in [5.74, 6) is -0.996. The number of aliphatic hydroxyl groups is 3. The van der Waals surface area contributed by atoms with E-state index in [-0.39, 0.29) is 19.4 Å². The van der Waals surface area contributed by atoms with E-state index in [0.717, 1.165) is 32.1 Å². The Bertz CT molecular complexity index is 788. The highest BCUT2D eigenvalue weighted by Gasteiger charge is 2.46. The van der Waals surface area contributed by atoms with E-state index in [1.54, 1.807) is 0 Å². The van der Waals surface area contributed by atoms with Crippen molar-refractivity contribution in [1.82, 2.24) is 0 Å². The number of rotatable bonds is 23. The number of hydrogen-bond donors (Lipinski definition) is 3. The Labute approximate surface area is 254 Å². The molecule has 0 aromatic heterocycles. The Morgan fingerprint density at radius 1 is 0.667 bits per heavy atom. The van der Waals surface area contributed by atoms with Crippen LogP contribution in [0.3, 0.4) is 0 Å². The van der Waals surface area contributed by atoms with E-state index in [0.29, 0.717) is 6.42 Å². The zero-order valence-corrected chi connectivity index (χ0v) is 26.9. The third kappa shape index (κ3) is 18.0. The van der Waals surface area contributed by atoms with E-state index in [1.807, 2.05) is 13.0 Å². The zero-order chi connectivity index (χ0) is 31.2. The molecule has 244 valence electrons. The molecule has 1 aliphatic rings. The maximum Gasteiger partial charge on any atom is 0.308 e. The largest absolute Gasteiger partial charge is 0.463 e. The molecule has 1 aliphatic heterocycles. The molecule has 0 bridgehead atoms. The molecule has 42 heavy (non-hydrogen) atoms. The van der Waals surface area contributed by atoms with Gasteiger partial charge in [0, 0.05) is 12.8 Å². The predicted octanol–water partition coefficient (Wildman–Crippen LogP) is 6.83. The van der Waals surface area contributed by atoms with Crippen LogP contribution in [0.15, 0.2) is 23.3 Å². The monoisotopic (exact) mass is 596 g/mol. The van der Waals surface area contributed by atoms with E-state index >= 15 is 0 Å². The highest BCUT2D eigenvalue weighted by molar-refractivity contribution is 5.70. The summed E-state index contributed by atoms with van der Waals surface area (Å²) in [6.07, 6.45) is 15.4. The quantitative estimate of drug-likeness (QED) is 0.0666. The van der Waals surface area contributed by atoms with Crippen LogP contribution in [-0.2, 0) is 23.8 Å². The smallest absolute Gasteiger partial charge is 0.308 e. The van der Waals surface area contributed by atoms with Crippen molar-refractivity contribution in [2.75, 3.05) is 6.61 Å². The van der Waals surface area contributed by atoms with Gasteiger partial charge in [0.25, 0.3) is 0 Å². The van der Waals surface area contributed by atoms with Crippen molar-refractivity contribution in [3.05, 3.63) is 23.3 Å². The van der Waals surface area contributed by atoms with Crippen LogP contribution < -0.4 is 0 Å². The molecule has 1 heterocycles. The number of esters is 2. The summed E-state index contributed by atoms with van der Waals surface area (Å²) in [6.45, 7) is 8.07. The number of allylic oxidation sites excluding steroid dienone is 4. The van der Waals surface area contributed by atoms with Gasteiger partial charge >= 0.3 is 11.9 Å². The molecular weight excluding hydrogens is 536 g/mol. The molecule has 0 radical (unpaired) electrons. The van der Waals surface area contributed by atoms with Crippen LogP contribution in [0.4, 0.5) is 0 Å². The molecule has 8 heteroatoms. The Morgan fingerprint density at radius 3 is 1.79 bits per heavy atom. The minimum Gasteiger partial charge on any atom is -0.463 e. The van der Waals surface area contributed by atoms with Crippen LogP contribution in [0.25, 0.3) is 0 Å². The number of aliphatic hydroxyl groups excluding tert-OH is 3. The summed E-state index contributed by atoms with van der Waals surface area (Å²) in [5.41, 5.74) is 2.45. The minimum absolute atomic E-state index is 0.0873. The van der Waals surface area contributed by atoms with Gasteiger partial charge in [0.15, 0.2) is 0 Å². The molecule has 0 spiro atoms. The van der Waals surface area contributed by atoms with Crippen molar-refractivity contribution < 1.29 is 39.1 Å². The molecule has 3 N–H and O–H groups in total. The van der Waals surface area contributed by atoms with Gasteiger partial charge in [0.1, 0.15) is 31.0 Å². The maximum atomic E-state index is 12.3. The highest BCUT2D eigenvalue weighted by Crippen LogP contribution is 2.23. The van der Waals surface area contributed by atoms with Crippen LogP contribution in [-0.4, -0.2) is 64.6 Å². The molecule has 5 atom stereocenters. The van der Waals surface area contributed by atoms with Gasteiger partial charge in [0.05, 0.1) is 0 Å². The molecular formula is C34H60O8. The second-order valence-corrected chi connectivity index (χ2v) is 12.1. The average molecular weight is 597 g/mol. The first-order chi connectivity index (χ1) is 20.1. The van der Waals surface area contributed by atoms with Gasteiger partial charge in [-0.2, -0.15) is 0 Å². The van der Waals surface area contributed by atoms with Crippen LogP contribution in [0, 0.1) is 0 Å². The van der Waals surface area contributed by atoms with Gasteiger partial charge in [-0.25, -0.2) is 0 Å². The van der Waals surface area contributed by atoms with Gasteiger partial charge in [-0.05, 0) is 46.5 Å². The first-order valence-electron chi connectivity index (χ1n) is 16.5. The fourth-order valence-corrected chi connectivity index (χ4v) is 5.00. The van der Waals surface area contributed by atoms with E-state index in [2.05, 4.69) is 26.8 Å². The summed E-state index contributed by atoms with van der Waals surface area (Å²) in [5, 5.41) is 30.8. The summed E-state index contributed by atoms with van der Waals surface area (Å²) in [7, 11) is 0. The second-order valence-electron chi connectivity index (χ2n) is 12.1. The van der Waals surface area contributed by atoms with Crippen molar-refractivity contribution >= 4 is 11.9 Å². The average Bonchev–Trinajstić information content (AvgIpc) is 2.95. The van der Waals surface area contributed by atoms with E-state index < -0.39 is 42.6 Å². The predicted molar refractivity (Wildman–Crippen MR) is 166 cm³/mol. The number of carbonyl (C=O) groups excluding carboxylic acids is 2. The van der Waals surface area contributed by atoms with Gasteiger partial charge in [-0.3, -0.25) is 9.59 Å². The molecule has 8 nitrogen and oxygen atoms in total. The molecule has 1 saturated heterocycles. The number of ether oxygens (including phenoxy) is 3. The molecule has 0 aromatic carbocycles. The Balaban J connectivity index is 2.24. The first kappa shape index (κ1) is 38.3. The van der Waals surface area contributed by atoms with E-state index in [4.69, 9.17) is 14.2 Å². The van der Waals surface area contributed by atoms with Gasteiger partial charge in [-0.1, -0.05) is 107 Å². The van der Waals surface area contributed by atoms with Crippen molar-refractivity contribution in [2.24, 2.45) is 0 Å². The molecule has 0 saturated carbocycles. The fourth-order valence-electron chi connectivity index (χ4n) is 5.00. The van der Waals surface area contributed by atoms with E-state index in [1.165, 1.54) is 75.4 Å². The lowest BCUT2D eigenvalue weighted by atomic mass is 9.99. The molecule has 1 unspecified atom stereocenters. The summed E-state index contributed by atoms with van der Waals surface area (Å²) >= 11 is 0. The number of unbranched alkanes of at least 4 members (excludes halogenated alkanes) is 12. The third-order valence-electron chi connectivity index (χ3n) is 7.74. The topological polar surface area (TPSA) is 123 Å². The molecule has 0 amide bonds. The first-order valence-corrected chi connectivity index (χ1v) is 16.5. The normalized spacial score (nSPS) is 22.5. The zero-order valence-electron chi connectivity index (χ0n) is 26.9. The maximum absolute atomic E-state index is 12.3. The van der Waals surface area contributed by atoms with Crippen molar-refractivity contribution in [3.8, 4) is 0 Å². The Morgan fingerprint density at radius 2 is 1.21 bits per heavy atom. The SMILES string of the molecule is CCCCCCCCCCCCCCCC(=O)OC[C@H]1OC(OC(=O)CC/C=C(\C)CCC=C(C)C)[C@H](O)[C@@H](O)[C@@H]1O. The third-order valence-corrected chi connectivity index (χ3v) is 7.74. The Kier molecular flexibility index (Phi) is 21.6. The molecule has 1 fully saturated rings. The van der Waals surface area contributed by atoms with Crippen molar-refractivity contribution in [1.29, 1.82) is 0 Å². The summed E-state index contributed by atoms with van der Waals surface area (Å²) in [4.78, 5) is 24.5. The van der Waals surface area contributed by atoms with E-state index in [9.17, 15) is 24.9 Å². The van der Waals surface area contributed by atoms with Crippen LogP contribution >= 0.6 is 0 Å². The second kappa shape index (κ2) is 23.7. The number of hydrogen-bond acceptors (Lipinski definition) is 8. The lowest BCUT2D eigenvalue weighted by molar-refractivity contribution is -0.293.